The van der Waals surface area contributed by atoms with Crippen molar-refractivity contribution in [3.05, 3.63) is 18.6 Å². The minimum absolute atomic E-state index is 0.0602. The zero-order valence-electron chi connectivity index (χ0n) is 14.9. The molecule has 7 nitrogen and oxygen atoms in total. The number of H-pyrrole nitrogens is 1. The molecule has 0 radical (unpaired) electrons. The van der Waals surface area contributed by atoms with Crippen LogP contribution >= 0.6 is 0 Å². The number of anilines is 1. The summed E-state index contributed by atoms with van der Waals surface area (Å²) in [5.74, 6) is -1.41. The first-order valence-corrected chi connectivity index (χ1v) is 10.8. The minimum Gasteiger partial charge on any atom is -0.369 e. The molecule has 1 aliphatic heterocycles. The number of rotatable bonds is 6. The van der Waals surface area contributed by atoms with Gasteiger partial charge < -0.3 is 10.3 Å². The van der Waals surface area contributed by atoms with Crippen molar-refractivity contribution in [2.24, 2.45) is 11.8 Å². The number of aromatic nitrogens is 3. The molecule has 1 aliphatic carbocycles. The molecule has 2 N–H and O–H groups in total. The number of hydrogen-bond donors (Lipinski definition) is 2. The fraction of sp³-hybridized carbons (Fsp3) is 0.647. The molecule has 0 amide bonds. The highest BCUT2D eigenvalue weighted by molar-refractivity contribution is 7.89. The lowest BCUT2D eigenvalue weighted by molar-refractivity contribution is -0.0412. The molecule has 0 unspecified atom stereocenters. The van der Waals surface area contributed by atoms with E-state index in [0.29, 0.717) is 5.92 Å². The highest BCUT2D eigenvalue weighted by Crippen LogP contribution is 2.36. The second-order valence-electron chi connectivity index (χ2n) is 7.58. The van der Waals surface area contributed by atoms with Crippen LogP contribution in [0.25, 0.3) is 11.0 Å². The van der Waals surface area contributed by atoms with Crippen molar-refractivity contribution in [3.63, 3.8) is 0 Å². The maximum atomic E-state index is 13.2. The third-order valence-corrected chi connectivity index (χ3v) is 7.58. The van der Waals surface area contributed by atoms with Crippen molar-refractivity contribution in [2.75, 3.05) is 30.7 Å². The van der Waals surface area contributed by atoms with Crippen molar-refractivity contribution in [1.29, 1.82) is 0 Å². The summed E-state index contributed by atoms with van der Waals surface area (Å²) in [4.78, 5) is 11.4. The van der Waals surface area contributed by atoms with Gasteiger partial charge in [0, 0.05) is 38.7 Å². The van der Waals surface area contributed by atoms with E-state index in [1.165, 1.54) is 10.6 Å². The normalized spacial score (nSPS) is 26.0. The first kappa shape index (κ1) is 18.5. The van der Waals surface area contributed by atoms with E-state index in [1.54, 1.807) is 0 Å². The standard InChI is InChI=1S/C17H23F2N5O2S/c18-17(19)2-5-24(6-3-17)27(25,26)10-13-7-12(8-13)9-21-16-14-1-4-20-15(14)22-11-23-16/h1,4,11-13H,2-3,5-10H2,(H2,20,21,22,23). The zero-order chi connectivity index (χ0) is 19.1. The van der Waals surface area contributed by atoms with Crippen LogP contribution < -0.4 is 5.32 Å². The Hall–Kier alpha value is -1.81. The van der Waals surface area contributed by atoms with Crippen LogP contribution in [0.5, 0.6) is 0 Å². The first-order valence-electron chi connectivity index (χ1n) is 9.20. The third-order valence-electron chi connectivity index (χ3n) is 5.54. The van der Waals surface area contributed by atoms with E-state index in [9.17, 15) is 17.2 Å². The van der Waals surface area contributed by atoms with Crippen molar-refractivity contribution in [3.8, 4) is 0 Å². The van der Waals surface area contributed by atoms with Gasteiger partial charge in [0.05, 0.1) is 11.1 Å². The van der Waals surface area contributed by atoms with Gasteiger partial charge in [0.2, 0.25) is 10.0 Å². The summed E-state index contributed by atoms with van der Waals surface area (Å²) >= 11 is 0. The minimum atomic E-state index is -3.45. The molecule has 2 aliphatic rings. The molecule has 10 heteroatoms. The van der Waals surface area contributed by atoms with Gasteiger partial charge in [0.25, 0.3) is 5.92 Å². The molecule has 2 aromatic rings. The summed E-state index contributed by atoms with van der Waals surface area (Å²) in [6.45, 7) is 0.574. The number of sulfonamides is 1. The van der Waals surface area contributed by atoms with Gasteiger partial charge in [-0.25, -0.2) is 31.5 Å². The highest BCUT2D eigenvalue weighted by atomic mass is 32.2. The van der Waals surface area contributed by atoms with E-state index >= 15 is 0 Å². The molecular formula is C17H23F2N5O2S. The van der Waals surface area contributed by atoms with Crippen LogP contribution in [0.1, 0.15) is 25.7 Å². The van der Waals surface area contributed by atoms with Crippen molar-refractivity contribution in [2.45, 2.75) is 31.6 Å². The second kappa shape index (κ2) is 6.97. The Kier molecular flexibility index (Phi) is 4.79. The number of halogens is 2. The Balaban J connectivity index is 1.24. The molecule has 1 saturated carbocycles. The SMILES string of the molecule is O=S(=O)(CC1CC(CNc2ncnc3[nH]ccc23)C1)N1CCC(F)(F)CC1. The Bertz CT molecular complexity index is 901. The van der Waals surface area contributed by atoms with Crippen molar-refractivity contribution in [1.82, 2.24) is 19.3 Å². The maximum Gasteiger partial charge on any atom is 0.250 e. The monoisotopic (exact) mass is 399 g/mol. The molecule has 148 valence electrons. The summed E-state index contributed by atoms with van der Waals surface area (Å²) in [6, 6.07) is 1.91. The number of nitrogens with zero attached hydrogens (tertiary/aromatic N) is 3. The molecular weight excluding hydrogens is 376 g/mol. The number of alkyl halides is 2. The molecule has 3 heterocycles. The lowest BCUT2D eigenvalue weighted by atomic mass is 9.76. The van der Waals surface area contributed by atoms with Gasteiger partial charge in [0.15, 0.2) is 0 Å². The molecule has 0 spiro atoms. The van der Waals surface area contributed by atoms with Crippen molar-refractivity contribution >= 4 is 26.9 Å². The van der Waals surface area contributed by atoms with E-state index in [-0.39, 0.29) is 37.6 Å². The lowest BCUT2D eigenvalue weighted by Crippen LogP contribution is -2.46. The molecule has 4 rings (SSSR count). The summed E-state index contributed by atoms with van der Waals surface area (Å²) in [7, 11) is -3.45. The van der Waals surface area contributed by atoms with Gasteiger partial charge in [0.1, 0.15) is 17.8 Å². The average Bonchev–Trinajstić information content (AvgIpc) is 3.05. The third kappa shape index (κ3) is 4.06. The fourth-order valence-corrected chi connectivity index (χ4v) is 5.74. The fourth-order valence-electron chi connectivity index (χ4n) is 3.93. The zero-order valence-corrected chi connectivity index (χ0v) is 15.7. The summed E-state index contributed by atoms with van der Waals surface area (Å²) in [5.41, 5.74) is 0.775. The maximum absolute atomic E-state index is 13.2. The van der Waals surface area contributed by atoms with E-state index in [1.807, 2.05) is 12.3 Å². The number of aromatic amines is 1. The molecule has 0 atom stereocenters. The predicted octanol–water partition coefficient (Wildman–Crippen LogP) is 2.46. The van der Waals surface area contributed by atoms with Gasteiger partial charge in [-0.05, 0) is 30.7 Å². The molecule has 1 saturated heterocycles. The lowest BCUT2D eigenvalue weighted by Gasteiger charge is -2.37. The quantitative estimate of drug-likeness (QED) is 0.779. The smallest absolute Gasteiger partial charge is 0.250 e. The van der Waals surface area contributed by atoms with Gasteiger partial charge in [-0.2, -0.15) is 0 Å². The Morgan fingerprint density at radius 3 is 2.70 bits per heavy atom. The van der Waals surface area contributed by atoms with E-state index < -0.39 is 15.9 Å². The molecule has 27 heavy (non-hydrogen) atoms. The Labute approximate surface area is 156 Å². The Morgan fingerprint density at radius 1 is 1.22 bits per heavy atom. The predicted molar refractivity (Wildman–Crippen MR) is 98.1 cm³/mol. The Morgan fingerprint density at radius 2 is 1.96 bits per heavy atom. The summed E-state index contributed by atoms with van der Waals surface area (Å²) in [5, 5.41) is 4.25. The topological polar surface area (TPSA) is 91.0 Å². The average molecular weight is 399 g/mol. The van der Waals surface area contributed by atoms with Gasteiger partial charge >= 0.3 is 0 Å². The van der Waals surface area contributed by atoms with Crippen molar-refractivity contribution < 1.29 is 17.2 Å². The van der Waals surface area contributed by atoms with Crippen LogP contribution in [-0.4, -0.2) is 59.0 Å². The number of hydrogen-bond acceptors (Lipinski definition) is 5. The van der Waals surface area contributed by atoms with E-state index in [0.717, 1.165) is 36.2 Å². The van der Waals surface area contributed by atoms with E-state index in [2.05, 4.69) is 20.3 Å². The number of fused-ring (bicyclic) bond motifs is 1. The summed E-state index contributed by atoms with van der Waals surface area (Å²) < 4.78 is 52.6. The van der Waals surface area contributed by atoms with Gasteiger partial charge in [-0.1, -0.05) is 0 Å². The van der Waals surface area contributed by atoms with Crippen LogP contribution in [0.4, 0.5) is 14.6 Å². The largest absolute Gasteiger partial charge is 0.369 e. The molecule has 2 aromatic heterocycles. The van der Waals surface area contributed by atoms with Gasteiger partial charge in [-0.15, -0.1) is 0 Å². The van der Waals surface area contributed by atoms with E-state index in [4.69, 9.17) is 0 Å². The van der Waals surface area contributed by atoms with Crippen LogP contribution in [0.3, 0.4) is 0 Å². The molecule has 2 fully saturated rings. The molecule has 0 aromatic carbocycles. The van der Waals surface area contributed by atoms with Crippen LogP contribution in [0.15, 0.2) is 18.6 Å². The highest BCUT2D eigenvalue weighted by Gasteiger charge is 2.40. The number of nitrogens with one attached hydrogen (secondary N) is 2. The molecule has 0 bridgehead atoms. The second-order valence-corrected chi connectivity index (χ2v) is 9.59. The first-order chi connectivity index (χ1) is 12.8. The van der Waals surface area contributed by atoms with Crippen LogP contribution in [0.2, 0.25) is 0 Å². The van der Waals surface area contributed by atoms with Crippen LogP contribution in [0, 0.1) is 11.8 Å². The number of piperidine rings is 1. The van der Waals surface area contributed by atoms with Crippen LogP contribution in [-0.2, 0) is 10.0 Å². The van der Waals surface area contributed by atoms with Gasteiger partial charge in [-0.3, -0.25) is 0 Å². The summed E-state index contributed by atoms with van der Waals surface area (Å²) in [6.07, 6.45) is 4.19.